The molecule has 0 aromatic heterocycles. The van der Waals surface area contributed by atoms with Crippen LogP contribution in [0.3, 0.4) is 0 Å². The van der Waals surface area contributed by atoms with Crippen molar-refractivity contribution >= 4 is 21.8 Å². The summed E-state index contributed by atoms with van der Waals surface area (Å²) in [5.74, 6) is 0.822. The summed E-state index contributed by atoms with van der Waals surface area (Å²) in [6.45, 7) is 6.34. The Kier molecular flexibility index (Phi) is 9.10. The third-order valence-electron chi connectivity index (χ3n) is 2.21. The molecule has 0 aliphatic heterocycles. The van der Waals surface area contributed by atoms with Crippen molar-refractivity contribution in [1.29, 1.82) is 0 Å². The Balaban J connectivity index is 3.92. The third kappa shape index (κ3) is 7.79. The lowest BCUT2D eigenvalue weighted by molar-refractivity contribution is -0.131. The summed E-state index contributed by atoms with van der Waals surface area (Å²) in [6.07, 6.45) is 1.61. The van der Waals surface area contributed by atoms with E-state index in [0.717, 1.165) is 18.3 Å². The predicted octanol–water partition coefficient (Wildman–Crippen LogP) is 2.29. The van der Waals surface area contributed by atoms with Crippen LogP contribution in [0.2, 0.25) is 0 Å². The van der Waals surface area contributed by atoms with E-state index < -0.39 is 0 Å². The average Bonchev–Trinajstić information content (AvgIpc) is 2.20. The molecule has 0 unspecified atom stereocenters. The van der Waals surface area contributed by atoms with E-state index in [9.17, 15) is 4.79 Å². The molecule has 0 radical (unpaired) electrons. The molecule has 15 heavy (non-hydrogen) atoms. The van der Waals surface area contributed by atoms with Crippen molar-refractivity contribution in [3.63, 3.8) is 0 Å². The van der Waals surface area contributed by atoms with Gasteiger partial charge in [0.2, 0.25) is 5.91 Å². The second-order valence-corrected chi connectivity index (χ2v) is 4.79. The average molecular weight is 280 g/mol. The Labute approximate surface area is 101 Å². The number of carbonyl (C=O) groups excluding carboxylic acids is 1. The Morgan fingerprint density at radius 1 is 1.40 bits per heavy atom. The number of ether oxygens (including phenoxy) is 1. The van der Waals surface area contributed by atoms with Crippen molar-refractivity contribution < 1.29 is 9.53 Å². The van der Waals surface area contributed by atoms with Gasteiger partial charge in [0, 0.05) is 32.0 Å². The van der Waals surface area contributed by atoms with Crippen LogP contribution in [0, 0.1) is 5.92 Å². The van der Waals surface area contributed by atoms with E-state index >= 15 is 0 Å². The highest BCUT2D eigenvalue weighted by Crippen LogP contribution is 2.06. The molecule has 0 aromatic carbocycles. The van der Waals surface area contributed by atoms with Crippen LogP contribution in [0.1, 0.15) is 26.7 Å². The number of halogens is 1. The molecular formula is C11H22BrNO2. The second-order valence-electron chi connectivity index (χ2n) is 4.00. The lowest BCUT2D eigenvalue weighted by atomic mass is 10.1. The molecule has 0 N–H and O–H groups in total. The van der Waals surface area contributed by atoms with Crippen molar-refractivity contribution in [3.05, 3.63) is 0 Å². The summed E-state index contributed by atoms with van der Waals surface area (Å²) in [5.41, 5.74) is 0. The molecule has 4 heteroatoms. The van der Waals surface area contributed by atoms with Gasteiger partial charge in [0.15, 0.2) is 0 Å². The summed E-state index contributed by atoms with van der Waals surface area (Å²) in [6, 6.07) is 0. The molecule has 0 saturated heterocycles. The molecule has 1 amide bonds. The van der Waals surface area contributed by atoms with E-state index in [-0.39, 0.29) is 5.91 Å². The van der Waals surface area contributed by atoms with E-state index in [1.807, 2.05) is 4.90 Å². The minimum atomic E-state index is 0.236. The first-order chi connectivity index (χ1) is 7.11. The van der Waals surface area contributed by atoms with Gasteiger partial charge in [0.25, 0.3) is 0 Å². The smallest absolute Gasteiger partial charge is 0.222 e. The fourth-order valence-electron chi connectivity index (χ4n) is 1.23. The van der Waals surface area contributed by atoms with E-state index in [1.165, 1.54) is 0 Å². The van der Waals surface area contributed by atoms with Crippen LogP contribution in [0.5, 0.6) is 0 Å². The van der Waals surface area contributed by atoms with Gasteiger partial charge in [-0.25, -0.2) is 0 Å². The molecule has 0 heterocycles. The lowest BCUT2D eigenvalue weighted by Crippen LogP contribution is -2.35. The van der Waals surface area contributed by atoms with Gasteiger partial charge < -0.3 is 9.64 Å². The molecule has 0 aliphatic rings. The molecule has 90 valence electrons. The molecule has 0 bridgehead atoms. The van der Waals surface area contributed by atoms with Gasteiger partial charge in [-0.2, -0.15) is 0 Å². The maximum Gasteiger partial charge on any atom is 0.222 e. The third-order valence-corrected chi connectivity index (χ3v) is 2.56. The van der Waals surface area contributed by atoms with Crippen LogP contribution in [0.25, 0.3) is 0 Å². The molecule has 3 nitrogen and oxygen atoms in total. The zero-order valence-corrected chi connectivity index (χ0v) is 11.5. The number of nitrogens with zero attached hydrogens (tertiary/aromatic N) is 1. The molecule has 0 saturated carbocycles. The highest BCUT2D eigenvalue weighted by Gasteiger charge is 2.12. The van der Waals surface area contributed by atoms with Crippen molar-refractivity contribution in [1.82, 2.24) is 4.90 Å². The van der Waals surface area contributed by atoms with Crippen LogP contribution in [-0.4, -0.2) is 42.9 Å². The van der Waals surface area contributed by atoms with E-state index in [2.05, 4.69) is 29.8 Å². The Morgan fingerprint density at radius 2 is 2.07 bits per heavy atom. The van der Waals surface area contributed by atoms with Gasteiger partial charge in [-0.3, -0.25) is 4.79 Å². The number of alkyl halides is 1. The summed E-state index contributed by atoms with van der Waals surface area (Å²) < 4.78 is 4.99. The largest absolute Gasteiger partial charge is 0.383 e. The number of rotatable bonds is 8. The van der Waals surface area contributed by atoms with Gasteiger partial charge in [-0.15, -0.1) is 0 Å². The predicted molar refractivity (Wildman–Crippen MR) is 66.3 cm³/mol. The fraction of sp³-hybridized carbons (Fsp3) is 0.909. The Morgan fingerprint density at radius 3 is 2.53 bits per heavy atom. The van der Waals surface area contributed by atoms with E-state index in [4.69, 9.17) is 4.74 Å². The van der Waals surface area contributed by atoms with Crippen LogP contribution < -0.4 is 0 Å². The maximum atomic E-state index is 11.8. The first kappa shape index (κ1) is 14.9. The number of methoxy groups -OCH3 is 1. The van der Waals surface area contributed by atoms with Crippen molar-refractivity contribution in [3.8, 4) is 0 Å². The lowest BCUT2D eigenvalue weighted by Gasteiger charge is -2.21. The number of amides is 1. The minimum absolute atomic E-state index is 0.236. The Bertz CT molecular complexity index is 174. The highest BCUT2D eigenvalue weighted by atomic mass is 79.9. The van der Waals surface area contributed by atoms with Gasteiger partial charge in [-0.1, -0.05) is 29.8 Å². The van der Waals surface area contributed by atoms with Crippen LogP contribution in [-0.2, 0) is 9.53 Å². The summed E-state index contributed by atoms with van der Waals surface area (Å²) >= 11 is 3.36. The normalized spacial score (nSPS) is 10.7. The van der Waals surface area contributed by atoms with Gasteiger partial charge in [0.1, 0.15) is 0 Å². The molecule has 0 atom stereocenters. The van der Waals surface area contributed by atoms with Crippen molar-refractivity contribution in [2.24, 2.45) is 5.92 Å². The molecule has 0 aromatic rings. The van der Waals surface area contributed by atoms with Crippen LogP contribution in [0.15, 0.2) is 0 Å². The maximum absolute atomic E-state index is 11.8. The molecule has 0 rings (SSSR count). The summed E-state index contributed by atoms with van der Waals surface area (Å²) in [5, 5.41) is 0.824. The summed E-state index contributed by atoms with van der Waals surface area (Å²) in [7, 11) is 1.66. The molecular weight excluding hydrogens is 258 g/mol. The van der Waals surface area contributed by atoms with E-state index in [1.54, 1.807) is 7.11 Å². The first-order valence-electron chi connectivity index (χ1n) is 5.44. The standard InChI is InChI=1S/C11H22BrNO2/c1-10(2)4-5-11(14)13(7-6-12)8-9-15-3/h10H,4-9H2,1-3H3. The second kappa shape index (κ2) is 9.16. The highest BCUT2D eigenvalue weighted by molar-refractivity contribution is 9.09. The van der Waals surface area contributed by atoms with Gasteiger partial charge in [-0.05, 0) is 12.3 Å². The zero-order valence-electron chi connectivity index (χ0n) is 9.96. The number of carbonyl (C=O) groups is 1. The minimum Gasteiger partial charge on any atom is -0.383 e. The Hall–Kier alpha value is -0.0900. The van der Waals surface area contributed by atoms with Crippen molar-refractivity contribution in [2.45, 2.75) is 26.7 Å². The number of hydrogen-bond acceptors (Lipinski definition) is 2. The molecule has 0 spiro atoms. The van der Waals surface area contributed by atoms with Crippen LogP contribution >= 0.6 is 15.9 Å². The SMILES string of the molecule is COCCN(CCBr)C(=O)CCC(C)C. The number of hydrogen-bond donors (Lipinski definition) is 0. The zero-order chi connectivity index (χ0) is 11.7. The first-order valence-corrected chi connectivity index (χ1v) is 6.56. The quantitative estimate of drug-likeness (QED) is 0.638. The van der Waals surface area contributed by atoms with Gasteiger partial charge >= 0.3 is 0 Å². The topological polar surface area (TPSA) is 29.5 Å². The monoisotopic (exact) mass is 279 g/mol. The van der Waals surface area contributed by atoms with Gasteiger partial charge in [0.05, 0.1) is 6.61 Å². The van der Waals surface area contributed by atoms with E-state index in [0.29, 0.717) is 25.5 Å². The summed E-state index contributed by atoms with van der Waals surface area (Å²) in [4.78, 5) is 13.7. The molecule has 0 fully saturated rings. The molecule has 0 aliphatic carbocycles. The van der Waals surface area contributed by atoms with Crippen LogP contribution in [0.4, 0.5) is 0 Å². The van der Waals surface area contributed by atoms with Crippen molar-refractivity contribution in [2.75, 3.05) is 32.1 Å². The fourth-order valence-corrected chi connectivity index (χ4v) is 1.66.